The number of fused-ring (bicyclic) bond motifs is 4. The maximum absolute atomic E-state index is 16.0. The minimum atomic E-state index is -4.37. The molecule has 4 aromatic heterocycles. The number of aliphatic hydroxyl groups excluding tert-OH is 1. The van der Waals surface area contributed by atoms with E-state index >= 15 is 4.39 Å². The third kappa shape index (κ3) is 5.61. The maximum atomic E-state index is 16.0. The Labute approximate surface area is 261 Å². The smallest absolute Gasteiger partial charge is 0.386 e. The summed E-state index contributed by atoms with van der Waals surface area (Å²) in [5, 5.41) is 11.3. The number of aliphatic hydroxyl groups is 1. The van der Waals surface area contributed by atoms with Gasteiger partial charge in [-0.1, -0.05) is 24.5 Å². The van der Waals surface area contributed by atoms with Gasteiger partial charge in [0.25, 0.3) is 5.56 Å². The highest BCUT2D eigenvalue weighted by molar-refractivity contribution is 8.44. The van der Waals surface area contributed by atoms with E-state index in [0.717, 1.165) is 6.33 Å². The topological polar surface area (TPSA) is 243 Å². The van der Waals surface area contributed by atoms with Crippen LogP contribution in [0, 0.1) is 6.92 Å². The van der Waals surface area contributed by atoms with Gasteiger partial charge in [-0.3, -0.25) is 32.0 Å². The van der Waals surface area contributed by atoms with E-state index in [1.807, 2.05) is 0 Å². The fourth-order valence-electron chi connectivity index (χ4n) is 5.37. The first-order chi connectivity index (χ1) is 21.3. The molecule has 0 radical (unpaired) electrons. The molecule has 19 nitrogen and oxygen atoms in total. The number of aryl methyl sites for hydroxylation is 1. The van der Waals surface area contributed by atoms with Crippen LogP contribution in [-0.4, -0.2) is 94.0 Å². The number of hydrogen-bond donors (Lipinski definition) is 5. The molecule has 3 aliphatic heterocycles. The lowest BCUT2D eigenvalue weighted by atomic mass is 10.1. The van der Waals surface area contributed by atoms with Gasteiger partial charge in [0, 0.05) is 0 Å². The summed E-state index contributed by atoms with van der Waals surface area (Å²) in [6.45, 7) is -8.39. The standard InChI is InChI=1S/C21H24FN9O10P2S2/c1-7-28-18-12(19(33)29-7)27-6-31(18)21-13(32)15-9(39-21)3-37-42(34,44)40-14-8(2-36-43(35,45)41-15)38-20(10(14)22)30-5-26-11-16(23)24-4-25-17(11)30/h4-6,8-10,13-15,20-21,32H,2-3H2,1H3,(H,34,44)(H,35,45)(H2,23,24,25)(H,28,29,33)/t8-,9-,10-,13-,14-,15-,20-,21-,42-,43-/m1/s1. The number of ether oxygens (including phenoxy) is 2. The summed E-state index contributed by atoms with van der Waals surface area (Å²) in [7, 11) is 0. The van der Waals surface area contributed by atoms with Crippen LogP contribution in [0.5, 0.6) is 0 Å². The van der Waals surface area contributed by atoms with Gasteiger partial charge in [-0.2, -0.15) is 0 Å². The summed E-state index contributed by atoms with van der Waals surface area (Å²) in [6.07, 6.45) is -8.38. The molecular weight excluding hydrogens is 683 g/mol. The number of aromatic nitrogens is 8. The first kappa shape index (κ1) is 31.1. The molecule has 0 unspecified atom stereocenters. The first-order valence-electron chi connectivity index (χ1n) is 13.1. The molecule has 3 fully saturated rings. The van der Waals surface area contributed by atoms with Gasteiger partial charge in [-0.05, 0) is 6.92 Å². The number of nitrogen functional groups attached to an aromatic ring is 1. The van der Waals surface area contributed by atoms with Crippen LogP contribution in [-0.2, 0) is 36.7 Å². The number of halogens is 1. The van der Waals surface area contributed by atoms with Crippen molar-refractivity contribution >= 4 is 66.2 Å². The minimum absolute atomic E-state index is 0.0267. The Bertz CT molecular complexity index is 1950. The van der Waals surface area contributed by atoms with Gasteiger partial charge in [0.2, 0.25) is 0 Å². The molecule has 4 N–H and O–H groups in total. The Morgan fingerprint density at radius 3 is 2.27 bits per heavy atom. The summed E-state index contributed by atoms with van der Waals surface area (Å²) in [6, 6.07) is 0. The zero-order valence-electron chi connectivity index (χ0n) is 22.8. The monoisotopic (exact) mass is 707 g/mol. The Balaban J connectivity index is 1.17. The number of nitrogens with one attached hydrogen (secondary N) is 1. The lowest BCUT2D eigenvalue weighted by Crippen LogP contribution is -2.37. The summed E-state index contributed by atoms with van der Waals surface area (Å²) < 4.78 is 79.1. The summed E-state index contributed by atoms with van der Waals surface area (Å²) in [4.78, 5) is 35.2. The highest BCUT2D eigenvalue weighted by Gasteiger charge is 2.54. The van der Waals surface area contributed by atoms with Crippen LogP contribution in [0.25, 0.3) is 22.3 Å². The van der Waals surface area contributed by atoms with Crippen LogP contribution in [0.4, 0.5) is 10.2 Å². The Morgan fingerprint density at radius 1 is 0.956 bits per heavy atom. The van der Waals surface area contributed by atoms with E-state index in [9.17, 15) is 19.0 Å². The van der Waals surface area contributed by atoms with Gasteiger partial charge in [-0.15, -0.1) is 0 Å². The first-order valence-corrected chi connectivity index (χ1v) is 18.5. The molecular formula is C21H24FN9O10P2S2. The Hall–Kier alpha value is -2.49. The third-order valence-corrected chi connectivity index (χ3v) is 10.6. The number of aromatic amines is 1. The van der Waals surface area contributed by atoms with E-state index in [-0.39, 0.29) is 34.0 Å². The van der Waals surface area contributed by atoms with Crippen molar-refractivity contribution in [1.82, 2.24) is 39.0 Å². The molecule has 3 saturated heterocycles. The van der Waals surface area contributed by atoms with Gasteiger partial charge < -0.3 is 25.3 Å². The summed E-state index contributed by atoms with van der Waals surface area (Å²) >= 11 is 8.06. The van der Waals surface area contributed by atoms with E-state index in [2.05, 4.69) is 54.4 Å². The molecule has 3 aliphatic rings. The van der Waals surface area contributed by atoms with Crippen molar-refractivity contribution in [2.45, 2.75) is 56.1 Å². The van der Waals surface area contributed by atoms with Crippen molar-refractivity contribution in [1.29, 1.82) is 0 Å². The van der Waals surface area contributed by atoms with Gasteiger partial charge in [0.15, 0.2) is 41.3 Å². The van der Waals surface area contributed by atoms with Crippen LogP contribution in [0.15, 0.2) is 23.8 Å². The third-order valence-electron chi connectivity index (χ3n) is 7.38. The fraction of sp³-hybridized carbons (Fsp3) is 0.524. The van der Waals surface area contributed by atoms with E-state index in [1.165, 1.54) is 21.8 Å². The molecule has 24 heteroatoms. The predicted molar refractivity (Wildman–Crippen MR) is 156 cm³/mol. The van der Waals surface area contributed by atoms with E-state index in [0.29, 0.717) is 0 Å². The van der Waals surface area contributed by atoms with Crippen LogP contribution in [0.3, 0.4) is 0 Å². The molecule has 10 atom stereocenters. The molecule has 45 heavy (non-hydrogen) atoms. The van der Waals surface area contributed by atoms with Gasteiger partial charge in [0.05, 0.1) is 25.9 Å². The number of imidazole rings is 2. The lowest BCUT2D eigenvalue weighted by Gasteiger charge is -2.28. The average Bonchev–Trinajstić information content (AvgIpc) is 3.72. The van der Waals surface area contributed by atoms with Crippen LogP contribution in [0.1, 0.15) is 18.3 Å². The second kappa shape index (κ2) is 11.3. The van der Waals surface area contributed by atoms with Gasteiger partial charge >= 0.3 is 13.6 Å². The highest BCUT2D eigenvalue weighted by Crippen LogP contribution is 2.60. The molecule has 0 aromatic carbocycles. The molecule has 0 aliphatic carbocycles. The van der Waals surface area contributed by atoms with Gasteiger partial charge in [-0.25, -0.2) is 38.4 Å². The molecule has 0 bridgehead atoms. The Kier molecular flexibility index (Phi) is 7.84. The zero-order chi connectivity index (χ0) is 31.8. The maximum Gasteiger partial charge on any atom is 0.386 e. The van der Waals surface area contributed by atoms with E-state index in [4.69, 9.17) is 33.3 Å². The molecule has 0 amide bonds. The number of nitrogens with zero attached hydrogens (tertiary/aromatic N) is 7. The van der Waals surface area contributed by atoms with Crippen molar-refractivity contribution in [2.24, 2.45) is 0 Å². The summed E-state index contributed by atoms with van der Waals surface area (Å²) in [5.74, 6) is 0.326. The number of hydrogen-bond acceptors (Lipinski definition) is 16. The van der Waals surface area contributed by atoms with Crippen LogP contribution < -0.4 is 11.3 Å². The molecule has 4 aromatic rings. The normalized spacial score (nSPS) is 37.7. The number of anilines is 1. The highest BCUT2D eigenvalue weighted by atomic mass is 32.7. The number of rotatable bonds is 2. The van der Waals surface area contributed by atoms with E-state index < -0.39 is 81.5 Å². The molecule has 0 saturated carbocycles. The quantitative estimate of drug-likeness (QED) is 0.145. The predicted octanol–water partition coefficient (Wildman–Crippen LogP) is 1.24. The summed E-state index contributed by atoms with van der Waals surface area (Å²) in [5.41, 5.74) is 5.72. The number of alkyl halides is 1. The van der Waals surface area contributed by atoms with Crippen molar-refractivity contribution in [3.63, 3.8) is 0 Å². The Morgan fingerprint density at radius 2 is 1.56 bits per heavy atom. The van der Waals surface area contributed by atoms with Crippen molar-refractivity contribution in [3.8, 4) is 0 Å². The van der Waals surface area contributed by atoms with Crippen LogP contribution >= 0.6 is 38.1 Å². The van der Waals surface area contributed by atoms with Gasteiger partial charge in [0.1, 0.15) is 48.2 Å². The minimum Gasteiger partial charge on any atom is -0.386 e. The number of H-pyrrole nitrogens is 1. The van der Waals surface area contributed by atoms with Crippen molar-refractivity contribution in [3.05, 3.63) is 35.2 Å². The SMILES string of the molecule is Cc1nc2c(ncn2[C@@H]2O[C@@H]3CO[P@@](=O)(S)O[C@H]4[C@@H](F)[C@H](n5cnc6c(N)ncnc65)O[C@@H]4CO[P@@](=O)(S)O[C@H]3[C@H]2O)c(=O)[nH]1. The second-order valence-electron chi connectivity index (χ2n) is 10.3. The zero-order valence-corrected chi connectivity index (χ0v) is 26.3. The number of thiol groups is 2. The van der Waals surface area contributed by atoms with Crippen LogP contribution in [0.2, 0.25) is 0 Å². The molecule has 7 rings (SSSR count). The largest absolute Gasteiger partial charge is 0.386 e. The number of nitrogens with two attached hydrogens (primary N) is 1. The van der Waals surface area contributed by atoms with Crippen molar-refractivity contribution in [2.75, 3.05) is 18.9 Å². The molecule has 0 spiro atoms. The fourth-order valence-corrected chi connectivity index (χ4v) is 8.35. The lowest BCUT2D eigenvalue weighted by molar-refractivity contribution is -0.0555. The molecule has 7 heterocycles. The second-order valence-corrected chi connectivity index (χ2v) is 16.0. The molecule has 242 valence electrons. The van der Waals surface area contributed by atoms with E-state index in [1.54, 1.807) is 6.92 Å². The van der Waals surface area contributed by atoms with Crippen molar-refractivity contribution < 1.29 is 46.2 Å². The average molecular weight is 708 g/mol.